The normalized spacial score (nSPS) is 12.0. The average molecular weight is 578 g/mol. The maximum absolute atomic E-state index is 10.5. The zero-order valence-electron chi connectivity index (χ0n) is 22.9. The van der Waals surface area contributed by atoms with Crippen molar-refractivity contribution in [3.05, 3.63) is 71.1 Å². The Bertz CT molecular complexity index is 1100. The molecule has 2 aromatic carbocycles. The molecular weight excluding hydrogens is 538 g/mol. The lowest BCUT2D eigenvalue weighted by molar-refractivity contribution is -0.123. The number of carbonyl (C=O) groups is 1. The Morgan fingerprint density at radius 3 is 2.08 bits per heavy atom. The standard InChI is InChI=1S/C28H40ClN5O6/c1-21(17-30)23-4-7-27(29)26(16-23)22-2-5-25(6-3-22)40-19-24(31)18-34(33)8-9-36-10-11-37-12-13-38-14-15-39-20-28(32)35/h2-7,16-18H,8-15,19-20,30-31,33H2,1H3,(H2,32,35)/b21-17-,24-18-. The average Bonchev–Trinajstić information content (AvgIpc) is 2.94. The van der Waals surface area contributed by atoms with Crippen LogP contribution in [0.3, 0.4) is 0 Å². The van der Waals surface area contributed by atoms with E-state index in [1.165, 1.54) is 5.01 Å². The highest BCUT2D eigenvalue weighted by atomic mass is 35.5. The zero-order chi connectivity index (χ0) is 29.2. The fraction of sp³-hybridized carbons (Fsp3) is 0.393. The van der Waals surface area contributed by atoms with Gasteiger partial charge in [-0.25, -0.2) is 5.84 Å². The van der Waals surface area contributed by atoms with Crippen molar-refractivity contribution in [2.75, 3.05) is 66.0 Å². The van der Waals surface area contributed by atoms with Gasteiger partial charge in [-0.1, -0.05) is 29.8 Å². The Kier molecular flexibility index (Phi) is 15.5. The van der Waals surface area contributed by atoms with Gasteiger partial charge in [-0.05, 0) is 54.1 Å². The summed E-state index contributed by atoms with van der Waals surface area (Å²) in [6.07, 6.45) is 3.18. The molecule has 220 valence electrons. The molecule has 0 atom stereocenters. The molecule has 0 fully saturated rings. The molecule has 0 spiro atoms. The lowest BCUT2D eigenvalue weighted by Gasteiger charge is -2.15. The number of hydrogen-bond acceptors (Lipinski definition) is 10. The topological polar surface area (TPSA) is 171 Å². The van der Waals surface area contributed by atoms with Gasteiger partial charge in [0.2, 0.25) is 5.91 Å². The van der Waals surface area contributed by atoms with E-state index in [0.29, 0.717) is 69.3 Å². The number of nitrogens with zero attached hydrogens (tertiary/aromatic N) is 1. The third-order valence-corrected chi connectivity index (χ3v) is 5.76. The second kappa shape index (κ2) is 18.9. The first-order valence-corrected chi connectivity index (χ1v) is 13.2. The van der Waals surface area contributed by atoms with E-state index in [9.17, 15) is 4.79 Å². The van der Waals surface area contributed by atoms with Crippen LogP contribution in [0.2, 0.25) is 5.02 Å². The van der Waals surface area contributed by atoms with Gasteiger partial charge in [0, 0.05) is 16.8 Å². The Balaban J connectivity index is 1.60. The van der Waals surface area contributed by atoms with Crippen LogP contribution in [0.25, 0.3) is 16.7 Å². The summed E-state index contributed by atoms with van der Waals surface area (Å²) < 4.78 is 27.0. The number of allylic oxidation sites excluding steroid dienone is 1. The molecule has 40 heavy (non-hydrogen) atoms. The summed E-state index contributed by atoms with van der Waals surface area (Å²) in [6.45, 7) is 5.24. The molecule has 0 aliphatic carbocycles. The van der Waals surface area contributed by atoms with Crippen LogP contribution in [0, 0.1) is 0 Å². The first kappa shape index (κ1) is 32.9. The summed E-state index contributed by atoms with van der Waals surface area (Å²) in [5, 5.41) is 2.10. The van der Waals surface area contributed by atoms with Crippen LogP contribution in [0.15, 0.2) is 60.6 Å². The molecular formula is C28H40ClN5O6. The number of hydrazine groups is 1. The lowest BCUT2D eigenvalue weighted by atomic mass is 10.00. The highest BCUT2D eigenvalue weighted by Crippen LogP contribution is 2.31. The smallest absolute Gasteiger partial charge is 0.243 e. The molecule has 0 heterocycles. The van der Waals surface area contributed by atoms with Crippen molar-refractivity contribution in [1.29, 1.82) is 0 Å². The van der Waals surface area contributed by atoms with Crippen molar-refractivity contribution in [3.8, 4) is 16.9 Å². The second-order valence-electron chi connectivity index (χ2n) is 8.66. The van der Waals surface area contributed by atoms with Crippen LogP contribution in [0.5, 0.6) is 5.75 Å². The molecule has 2 rings (SSSR count). The summed E-state index contributed by atoms with van der Waals surface area (Å²) in [4.78, 5) is 10.5. The van der Waals surface area contributed by atoms with E-state index < -0.39 is 5.91 Å². The van der Waals surface area contributed by atoms with Crippen LogP contribution in [0.1, 0.15) is 12.5 Å². The molecule has 0 aliphatic rings. The summed E-state index contributed by atoms with van der Waals surface area (Å²) >= 11 is 6.42. The van der Waals surface area contributed by atoms with Crippen molar-refractivity contribution in [1.82, 2.24) is 5.01 Å². The number of hydrogen-bond donors (Lipinski definition) is 4. The molecule has 8 N–H and O–H groups in total. The largest absolute Gasteiger partial charge is 0.487 e. The first-order chi connectivity index (χ1) is 19.3. The molecule has 0 unspecified atom stereocenters. The number of primary amides is 1. The Morgan fingerprint density at radius 2 is 1.48 bits per heavy atom. The fourth-order valence-electron chi connectivity index (χ4n) is 3.30. The second-order valence-corrected chi connectivity index (χ2v) is 9.06. The predicted molar refractivity (Wildman–Crippen MR) is 156 cm³/mol. The highest BCUT2D eigenvalue weighted by molar-refractivity contribution is 6.33. The molecule has 2 aromatic rings. The summed E-state index contributed by atoms with van der Waals surface area (Å²) in [5.74, 6) is 6.13. The maximum Gasteiger partial charge on any atom is 0.243 e. The highest BCUT2D eigenvalue weighted by Gasteiger charge is 2.07. The minimum atomic E-state index is -0.506. The van der Waals surface area contributed by atoms with Crippen LogP contribution in [-0.2, 0) is 23.7 Å². The minimum absolute atomic E-state index is 0.108. The SMILES string of the molecule is C/C(=C/N)c1ccc(Cl)c(-c2ccc(OC/C(N)=C/N(N)CCOCCOCCOCCOCC(N)=O)cc2)c1. The van der Waals surface area contributed by atoms with E-state index in [0.717, 1.165) is 22.3 Å². The number of carbonyl (C=O) groups excluding carboxylic acids is 1. The molecule has 0 aromatic heterocycles. The van der Waals surface area contributed by atoms with Gasteiger partial charge in [0.1, 0.15) is 19.0 Å². The molecule has 1 amide bonds. The van der Waals surface area contributed by atoms with Gasteiger partial charge in [-0.2, -0.15) is 0 Å². The van der Waals surface area contributed by atoms with Gasteiger partial charge >= 0.3 is 0 Å². The van der Waals surface area contributed by atoms with Gasteiger partial charge in [0.25, 0.3) is 0 Å². The third kappa shape index (κ3) is 13.2. The third-order valence-electron chi connectivity index (χ3n) is 5.43. The number of amides is 1. The van der Waals surface area contributed by atoms with Crippen molar-refractivity contribution in [3.63, 3.8) is 0 Å². The van der Waals surface area contributed by atoms with E-state index in [1.54, 1.807) is 12.4 Å². The first-order valence-electron chi connectivity index (χ1n) is 12.8. The summed E-state index contributed by atoms with van der Waals surface area (Å²) in [5.41, 5.74) is 21.0. The van der Waals surface area contributed by atoms with E-state index in [4.69, 9.17) is 58.3 Å². The summed E-state index contributed by atoms with van der Waals surface area (Å²) in [6, 6.07) is 13.4. The van der Waals surface area contributed by atoms with Crippen LogP contribution < -0.4 is 27.8 Å². The van der Waals surface area contributed by atoms with Crippen LogP contribution in [-0.4, -0.2) is 76.9 Å². The van der Waals surface area contributed by atoms with E-state index in [1.807, 2.05) is 49.4 Å². The van der Waals surface area contributed by atoms with E-state index in [-0.39, 0.29) is 13.2 Å². The quantitative estimate of drug-likeness (QED) is 0.104. The van der Waals surface area contributed by atoms with E-state index >= 15 is 0 Å². The summed E-state index contributed by atoms with van der Waals surface area (Å²) in [7, 11) is 0. The Hall–Kier alpha value is -3.32. The maximum atomic E-state index is 10.5. The number of rotatable bonds is 20. The van der Waals surface area contributed by atoms with Gasteiger partial charge in [0.05, 0.1) is 58.5 Å². The zero-order valence-corrected chi connectivity index (χ0v) is 23.6. The van der Waals surface area contributed by atoms with Crippen molar-refractivity contribution in [2.24, 2.45) is 23.0 Å². The Morgan fingerprint density at radius 1 is 0.875 bits per heavy atom. The monoisotopic (exact) mass is 577 g/mol. The van der Waals surface area contributed by atoms with Crippen LogP contribution >= 0.6 is 11.6 Å². The van der Waals surface area contributed by atoms with Gasteiger partial charge in [0.15, 0.2) is 0 Å². The lowest BCUT2D eigenvalue weighted by Crippen LogP contribution is -2.31. The number of benzene rings is 2. The van der Waals surface area contributed by atoms with Crippen molar-refractivity contribution >= 4 is 23.1 Å². The number of nitrogens with two attached hydrogens (primary N) is 4. The van der Waals surface area contributed by atoms with Crippen molar-refractivity contribution in [2.45, 2.75) is 6.92 Å². The molecule has 0 saturated carbocycles. The van der Waals surface area contributed by atoms with Crippen LogP contribution in [0.4, 0.5) is 0 Å². The molecule has 0 aliphatic heterocycles. The molecule has 0 radical (unpaired) electrons. The van der Waals surface area contributed by atoms with Gasteiger partial charge in [-0.3, -0.25) is 4.79 Å². The number of halogens is 1. The molecule has 12 heteroatoms. The molecule has 11 nitrogen and oxygen atoms in total. The van der Waals surface area contributed by atoms with E-state index in [2.05, 4.69) is 0 Å². The van der Waals surface area contributed by atoms with Crippen molar-refractivity contribution < 1.29 is 28.5 Å². The minimum Gasteiger partial charge on any atom is -0.487 e. The Labute approximate surface area is 240 Å². The van der Waals surface area contributed by atoms with Gasteiger partial charge < -0.3 is 45.9 Å². The molecule has 0 saturated heterocycles. The molecule has 0 bridgehead atoms. The van der Waals surface area contributed by atoms with Gasteiger partial charge in [-0.15, -0.1) is 0 Å². The predicted octanol–water partition coefficient (Wildman–Crippen LogP) is 2.23. The fourth-order valence-corrected chi connectivity index (χ4v) is 3.53. The number of ether oxygens (including phenoxy) is 5.